The van der Waals surface area contributed by atoms with Crippen LogP contribution in [0, 0.1) is 0 Å². The van der Waals surface area contributed by atoms with E-state index in [1.165, 1.54) is 0 Å². The average Bonchev–Trinajstić information content (AvgIpc) is 2.17. The lowest BCUT2D eigenvalue weighted by Gasteiger charge is -2.20. The molecular formula is C10H16N2OS. The molecule has 1 atom stereocenters. The third-order valence-electron chi connectivity index (χ3n) is 2.11. The zero-order valence-electron chi connectivity index (χ0n) is 8.53. The molecular weight excluding hydrogens is 196 g/mol. The van der Waals surface area contributed by atoms with Gasteiger partial charge in [0.25, 0.3) is 0 Å². The van der Waals surface area contributed by atoms with Crippen LogP contribution in [0.5, 0.6) is 0 Å². The second-order valence-electron chi connectivity index (χ2n) is 3.55. The molecule has 1 aromatic rings. The first kappa shape index (κ1) is 11.3. The van der Waals surface area contributed by atoms with Crippen molar-refractivity contribution in [2.24, 2.45) is 0 Å². The third kappa shape index (κ3) is 3.20. The lowest BCUT2D eigenvalue weighted by atomic mass is 10.1. The van der Waals surface area contributed by atoms with Crippen LogP contribution in [-0.2, 0) is 0 Å². The standard InChI is InChI=1S/C10H16N2OS/c1-3-10(2,13)7-14-9-4-5-12-6-8(9)11/h4-6,13H,3,7,11H2,1-2H3. The molecule has 0 aliphatic carbocycles. The minimum Gasteiger partial charge on any atom is -0.397 e. The van der Waals surface area contributed by atoms with Gasteiger partial charge in [0.2, 0.25) is 0 Å². The molecule has 0 saturated heterocycles. The first-order valence-electron chi connectivity index (χ1n) is 4.60. The number of nitrogen functional groups attached to an aromatic ring is 1. The maximum absolute atomic E-state index is 9.80. The molecule has 0 spiro atoms. The molecule has 0 bridgehead atoms. The highest BCUT2D eigenvalue weighted by Crippen LogP contribution is 2.27. The Morgan fingerprint density at radius 1 is 1.64 bits per heavy atom. The molecule has 14 heavy (non-hydrogen) atoms. The predicted octanol–water partition coefficient (Wildman–Crippen LogP) is 1.92. The number of anilines is 1. The summed E-state index contributed by atoms with van der Waals surface area (Å²) in [6, 6.07) is 1.87. The van der Waals surface area contributed by atoms with Gasteiger partial charge in [0.15, 0.2) is 0 Å². The van der Waals surface area contributed by atoms with Crippen molar-refractivity contribution < 1.29 is 5.11 Å². The molecule has 0 aromatic carbocycles. The SMILES string of the molecule is CCC(C)(O)CSc1ccncc1N. The lowest BCUT2D eigenvalue weighted by molar-refractivity contribution is 0.0816. The average molecular weight is 212 g/mol. The van der Waals surface area contributed by atoms with Gasteiger partial charge in [-0.25, -0.2) is 0 Å². The number of nitrogens with two attached hydrogens (primary N) is 1. The van der Waals surface area contributed by atoms with Gasteiger partial charge in [-0.2, -0.15) is 0 Å². The molecule has 0 aliphatic rings. The normalized spacial score (nSPS) is 15.1. The van der Waals surface area contributed by atoms with E-state index < -0.39 is 5.60 Å². The molecule has 3 N–H and O–H groups in total. The molecule has 0 fully saturated rings. The van der Waals surface area contributed by atoms with Crippen LogP contribution in [0.3, 0.4) is 0 Å². The Hall–Kier alpha value is -0.740. The van der Waals surface area contributed by atoms with Crippen molar-refractivity contribution in [2.45, 2.75) is 30.8 Å². The quantitative estimate of drug-likeness (QED) is 0.749. The van der Waals surface area contributed by atoms with Crippen LogP contribution in [0.15, 0.2) is 23.4 Å². The van der Waals surface area contributed by atoms with E-state index in [2.05, 4.69) is 4.98 Å². The molecule has 1 aromatic heterocycles. The van der Waals surface area contributed by atoms with Gasteiger partial charge in [0.05, 0.1) is 17.5 Å². The van der Waals surface area contributed by atoms with Crippen LogP contribution in [0.1, 0.15) is 20.3 Å². The van der Waals surface area contributed by atoms with Gasteiger partial charge in [-0.3, -0.25) is 4.98 Å². The molecule has 4 heteroatoms. The molecule has 0 amide bonds. The van der Waals surface area contributed by atoms with Crippen LogP contribution in [-0.4, -0.2) is 21.4 Å². The summed E-state index contributed by atoms with van der Waals surface area (Å²) in [5, 5.41) is 9.80. The van der Waals surface area contributed by atoms with Crippen molar-refractivity contribution in [3.05, 3.63) is 18.5 Å². The van der Waals surface area contributed by atoms with Crippen molar-refractivity contribution in [3.8, 4) is 0 Å². The van der Waals surface area contributed by atoms with Crippen LogP contribution in [0.2, 0.25) is 0 Å². The van der Waals surface area contributed by atoms with E-state index in [1.54, 1.807) is 24.2 Å². The van der Waals surface area contributed by atoms with Crippen molar-refractivity contribution in [3.63, 3.8) is 0 Å². The third-order valence-corrected chi connectivity index (χ3v) is 3.56. The highest BCUT2D eigenvalue weighted by molar-refractivity contribution is 7.99. The van der Waals surface area contributed by atoms with Gasteiger partial charge in [0.1, 0.15) is 0 Å². The number of pyridine rings is 1. The van der Waals surface area contributed by atoms with Gasteiger partial charge in [-0.05, 0) is 19.4 Å². The molecule has 1 heterocycles. The summed E-state index contributed by atoms with van der Waals surface area (Å²) in [6.07, 6.45) is 4.08. The minimum atomic E-state index is -0.625. The molecule has 0 radical (unpaired) electrons. The van der Waals surface area contributed by atoms with Gasteiger partial charge in [-0.1, -0.05) is 6.92 Å². The second kappa shape index (κ2) is 4.66. The Morgan fingerprint density at radius 2 is 2.36 bits per heavy atom. The number of aromatic nitrogens is 1. The summed E-state index contributed by atoms with van der Waals surface area (Å²) in [7, 11) is 0. The van der Waals surface area contributed by atoms with Crippen molar-refractivity contribution >= 4 is 17.4 Å². The van der Waals surface area contributed by atoms with E-state index in [-0.39, 0.29) is 0 Å². The zero-order chi connectivity index (χ0) is 10.6. The maximum atomic E-state index is 9.80. The number of aliphatic hydroxyl groups is 1. The molecule has 0 aliphatic heterocycles. The van der Waals surface area contributed by atoms with Gasteiger partial charge in [0, 0.05) is 16.8 Å². The number of hydrogen-bond donors (Lipinski definition) is 2. The molecule has 78 valence electrons. The zero-order valence-corrected chi connectivity index (χ0v) is 9.34. The fraction of sp³-hybridized carbons (Fsp3) is 0.500. The molecule has 1 unspecified atom stereocenters. The van der Waals surface area contributed by atoms with Crippen LogP contribution >= 0.6 is 11.8 Å². The first-order valence-corrected chi connectivity index (χ1v) is 5.58. The summed E-state index contributed by atoms with van der Waals surface area (Å²) in [6.45, 7) is 3.80. The Labute approximate surface area is 88.7 Å². The van der Waals surface area contributed by atoms with Crippen molar-refractivity contribution in [2.75, 3.05) is 11.5 Å². The van der Waals surface area contributed by atoms with E-state index in [4.69, 9.17) is 5.73 Å². The highest BCUT2D eigenvalue weighted by Gasteiger charge is 2.17. The largest absolute Gasteiger partial charge is 0.397 e. The van der Waals surface area contributed by atoms with Crippen LogP contribution in [0.25, 0.3) is 0 Å². The van der Waals surface area contributed by atoms with Crippen LogP contribution in [0.4, 0.5) is 5.69 Å². The van der Waals surface area contributed by atoms with E-state index in [9.17, 15) is 5.11 Å². The maximum Gasteiger partial charge on any atom is 0.0710 e. The fourth-order valence-corrected chi connectivity index (χ4v) is 1.91. The summed E-state index contributed by atoms with van der Waals surface area (Å²) in [5.74, 6) is 0.651. The first-order chi connectivity index (χ1) is 6.55. The Kier molecular flexibility index (Phi) is 3.77. The Bertz CT molecular complexity index is 302. The van der Waals surface area contributed by atoms with E-state index in [0.717, 1.165) is 11.3 Å². The van der Waals surface area contributed by atoms with Crippen molar-refractivity contribution in [1.29, 1.82) is 0 Å². The number of hydrogen-bond acceptors (Lipinski definition) is 4. The summed E-state index contributed by atoms with van der Waals surface area (Å²) in [5.41, 5.74) is 5.77. The Balaban J connectivity index is 2.58. The number of rotatable bonds is 4. The van der Waals surface area contributed by atoms with Crippen molar-refractivity contribution in [1.82, 2.24) is 4.98 Å². The van der Waals surface area contributed by atoms with Crippen LogP contribution < -0.4 is 5.73 Å². The molecule has 3 nitrogen and oxygen atoms in total. The molecule has 1 rings (SSSR count). The van der Waals surface area contributed by atoms with E-state index >= 15 is 0 Å². The van der Waals surface area contributed by atoms with Gasteiger partial charge < -0.3 is 10.8 Å². The van der Waals surface area contributed by atoms with E-state index in [0.29, 0.717) is 11.4 Å². The molecule has 0 saturated carbocycles. The summed E-state index contributed by atoms with van der Waals surface area (Å²) in [4.78, 5) is 4.89. The number of thioether (sulfide) groups is 1. The lowest BCUT2D eigenvalue weighted by Crippen LogP contribution is -2.25. The highest BCUT2D eigenvalue weighted by atomic mass is 32.2. The smallest absolute Gasteiger partial charge is 0.0710 e. The second-order valence-corrected chi connectivity index (χ2v) is 4.57. The number of nitrogens with zero attached hydrogens (tertiary/aromatic N) is 1. The van der Waals surface area contributed by atoms with Gasteiger partial charge >= 0.3 is 0 Å². The Morgan fingerprint density at radius 3 is 2.93 bits per heavy atom. The van der Waals surface area contributed by atoms with E-state index in [1.807, 2.05) is 19.9 Å². The summed E-state index contributed by atoms with van der Waals surface area (Å²) >= 11 is 1.56. The monoisotopic (exact) mass is 212 g/mol. The minimum absolute atomic E-state index is 0.625. The topological polar surface area (TPSA) is 59.1 Å². The predicted molar refractivity (Wildman–Crippen MR) is 60.3 cm³/mol. The fourth-order valence-electron chi connectivity index (χ4n) is 0.861. The summed E-state index contributed by atoms with van der Waals surface area (Å²) < 4.78 is 0. The van der Waals surface area contributed by atoms with Gasteiger partial charge in [-0.15, -0.1) is 11.8 Å².